The lowest BCUT2D eigenvalue weighted by atomic mass is 10.0. The molecule has 0 unspecified atom stereocenters. The number of pyridine rings is 1. The number of hydrogen-bond donors (Lipinski definition) is 1. The molecule has 78 valence electrons. The molecule has 3 heteroatoms. The maximum atomic E-state index is 4.45. The average Bonchev–Trinajstić information content (AvgIpc) is 2.11. The Bertz CT molecular complexity index is 321. The molecule has 0 aliphatic carbocycles. The summed E-state index contributed by atoms with van der Waals surface area (Å²) in [4.78, 5) is 4.45. The van der Waals surface area contributed by atoms with E-state index in [0.29, 0.717) is 0 Å². The van der Waals surface area contributed by atoms with Gasteiger partial charge in [0, 0.05) is 10.0 Å². The zero-order valence-corrected chi connectivity index (χ0v) is 10.8. The average molecular weight is 257 g/mol. The lowest BCUT2D eigenvalue weighted by Crippen LogP contribution is -2.30. The van der Waals surface area contributed by atoms with Gasteiger partial charge in [0.1, 0.15) is 5.82 Å². The molecule has 2 nitrogen and oxygen atoms in total. The molecular formula is C11H17BrN2. The molecule has 0 aliphatic rings. The molecule has 1 rings (SSSR count). The lowest BCUT2D eigenvalue weighted by Gasteiger charge is -2.25. The summed E-state index contributed by atoms with van der Waals surface area (Å²) in [6.07, 6.45) is 1.07. The molecule has 0 saturated carbocycles. The Morgan fingerprint density at radius 2 is 2.07 bits per heavy atom. The first-order valence-electron chi connectivity index (χ1n) is 4.86. The van der Waals surface area contributed by atoms with Crippen molar-refractivity contribution in [2.24, 2.45) is 0 Å². The van der Waals surface area contributed by atoms with Gasteiger partial charge in [-0.05, 0) is 55.3 Å². The largest absolute Gasteiger partial charge is 0.365 e. The maximum absolute atomic E-state index is 4.45. The summed E-state index contributed by atoms with van der Waals surface area (Å²) in [5, 5.41) is 3.40. The van der Waals surface area contributed by atoms with Crippen LogP contribution in [0.1, 0.15) is 32.9 Å². The SMILES string of the molecule is CCC(C)(C)Nc1ccc(Br)c(C)n1. The van der Waals surface area contributed by atoms with Gasteiger partial charge in [0.25, 0.3) is 0 Å². The highest BCUT2D eigenvalue weighted by Crippen LogP contribution is 2.20. The molecule has 0 fully saturated rings. The van der Waals surface area contributed by atoms with Crippen LogP contribution in [0.5, 0.6) is 0 Å². The van der Waals surface area contributed by atoms with Crippen molar-refractivity contribution in [1.82, 2.24) is 4.98 Å². The molecule has 0 amide bonds. The topological polar surface area (TPSA) is 24.9 Å². The van der Waals surface area contributed by atoms with Crippen molar-refractivity contribution in [2.45, 2.75) is 39.7 Å². The monoisotopic (exact) mass is 256 g/mol. The summed E-state index contributed by atoms with van der Waals surface area (Å²) in [5.41, 5.74) is 1.12. The Morgan fingerprint density at radius 3 is 2.57 bits per heavy atom. The Balaban J connectivity index is 2.83. The second-order valence-electron chi connectivity index (χ2n) is 4.13. The lowest BCUT2D eigenvalue weighted by molar-refractivity contribution is 0.545. The van der Waals surface area contributed by atoms with Crippen LogP contribution in [0.25, 0.3) is 0 Å². The van der Waals surface area contributed by atoms with E-state index >= 15 is 0 Å². The highest BCUT2D eigenvalue weighted by molar-refractivity contribution is 9.10. The molecular weight excluding hydrogens is 240 g/mol. The first-order chi connectivity index (χ1) is 6.44. The molecule has 1 N–H and O–H groups in total. The second kappa shape index (κ2) is 4.30. The van der Waals surface area contributed by atoms with E-state index in [-0.39, 0.29) is 5.54 Å². The van der Waals surface area contributed by atoms with E-state index in [9.17, 15) is 0 Å². The van der Waals surface area contributed by atoms with Crippen molar-refractivity contribution in [3.63, 3.8) is 0 Å². The Hall–Kier alpha value is -0.570. The van der Waals surface area contributed by atoms with Gasteiger partial charge in [-0.15, -0.1) is 0 Å². The van der Waals surface area contributed by atoms with E-state index in [4.69, 9.17) is 0 Å². The zero-order chi connectivity index (χ0) is 10.8. The van der Waals surface area contributed by atoms with Crippen molar-refractivity contribution < 1.29 is 0 Å². The minimum Gasteiger partial charge on any atom is -0.365 e. The molecule has 1 heterocycles. The highest BCUT2D eigenvalue weighted by atomic mass is 79.9. The molecule has 0 aliphatic heterocycles. The molecule has 0 spiro atoms. The maximum Gasteiger partial charge on any atom is 0.126 e. The quantitative estimate of drug-likeness (QED) is 0.891. The molecule has 0 saturated heterocycles. The van der Waals surface area contributed by atoms with Crippen LogP contribution in [0.2, 0.25) is 0 Å². The predicted octanol–water partition coefficient (Wildman–Crippen LogP) is 3.75. The zero-order valence-electron chi connectivity index (χ0n) is 9.19. The molecule has 0 radical (unpaired) electrons. The molecule has 1 aromatic heterocycles. The van der Waals surface area contributed by atoms with Crippen LogP contribution in [0, 0.1) is 6.92 Å². The van der Waals surface area contributed by atoms with Gasteiger partial charge in [0.2, 0.25) is 0 Å². The van der Waals surface area contributed by atoms with Crippen molar-refractivity contribution in [1.29, 1.82) is 0 Å². The van der Waals surface area contributed by atoms with Crippen LogP contribution in [-0.2, 0) is 0 Å². The molecule has 1 aromatic rings. The number of anilines is 1. The fraction of sp³-hybridized carbons (Fsp3) is 0.545. The number of nitrogens with zero attached hydrogens (tertiary/aromatic N) is 1. The Morgan fingerprint density at radius 1 is 1.43 bits per heavy atom. The molecule has 0 aromatic carbocycles. The fourth-order valence-electron chi connectivity index (χ4n) is 1.05. The van der Waals surface area contributed by atoms with Gasteiger partial charge in [-0.1, -0.05) is 6.92 Å². The predicted molar refractivity (Wildman–Crippen MR) is 64.7 cm³/mol. The molecule has 0 bridgehead atoms. The third-order valence-corrected chi connectivity index (χ3v) is 3.21. The number of aryl methyl sites for hydroxylation is 1. The van der Waals surface area contributed by atoms with Gasteiger partial charge in [-0.3, -0.25) is 0 Å². The van der Waals surface area contributed by atoms with Gasteiger partial charge in [-0.2, -0.15) is 0 Å². The summed E-state index contributed by atoms with van der Waals surface area (Å²) in [7, 11) is 0. The number of nitrogens with one attached hydrogen (secondary N) is 1. The van der Waals surface area contributed by atoms with E-state index in [1.165, 1.54) is 0 Å². The van der Waals surface area contributed by atoms with Gasteiger partial charge in [0.15, 0.2) is 0 Å². The van der Waals surface area contributed by atoms with Gasteiger partial charge in [0.05, 0.1) is 5.69 Å². The molecule has 14 heavy (non-hydrogen) atoms. The minimum absolute atomic E-state index is 0.104. The van der Waals surface area contributed by atoms with Crippen LogP contribution in [0.4, 0.5) is 5.82 Å². The van der Waals surface area contributed by atoms with Crippen LogP contribution >= 0.6 is 15.9 Å². The van der Waals surface area contributed by atoms with E-state index in [1.54, 1.807) is 0 Å². The van der Waals surface area contributed by atoms with Gasteiger partial charge in [-0.25, -0.2) is 4.98 Å². The van der Waals surface area contributed by atoms with Crippen molar-refractivity contribution in [3.05, 3.63) is 22.3 Å². The highest BCUT2D eigenvalue weighted by Gasteiger charge is 2.14. The molecule has 0 atom stereocenters. The van der Waals surface area contributed by atoms with E-state index in [2.05, 4.69) is 47.0 Å². The summed E-state index contributed by atoms with van der Waals surface area (Å²) in [5.74, 6) is 0.942. The number of hydrogen-bond acceptors (Lipinski definition) is 2. The first kappa shape index (κ1) is 11.5. The van der Waals surface area contributed by atoms with Crippen LogP contribution in [-0.4, -0.2) is 10.5 Å². The Kier molecular flexibility index (Phi) is 3.53. The standard InChI is InChI=1S/C11H17BrN2/c1-5-11(3,4)14-10-7-6-9(12)8(2)13-10/h6-7H,5H2,1-4H3,(H,13,14). The van der Waals surface area contributed by atoms with Gasteiger partial charge >= 0.3 is 0 Å². The Labute approximate surface area is 94.3 Å². The first-order valence-corrected chi connectivity index (χ1v) is 5.65. The van der Waals surface area contributed by atoms with Crippen molar-refractivity contribution in [2.75, 3.05) is 5.32 Å². The van der Waals surface area contributed by atoms with Crippen molar-refractivity contribution >= 4 is 21.7 Å². The van der Waals surface area contributed by atoms with Crippen LogP contribution in [0.15, 0.2) is 16.6 Å². The van der Waals surface area contributed by atoms with Crippen LogP contribution in [0.3, 0.4) is 0 Å². The third-order valence-electron chi connectivity index (χ3n) is 2.37. The summed E-state index contributed by atoms with van der Waals surface area (Å²) >= 11 is 3.44. The van der Waals surface area contributed by atoms with E-state index in [1.807, 2.05) is 19.1 Å². The third kappa shape index (κ3) is 2.98. The fourth-order valence-corrected chi connectivity index (χ4v) is 1.27. The summed E-state index contributed by atoms with van der Waals surface area (Å²) in [6, 6.07) is 4.02. The van der Waals surface area contributed by atoms with E-state index < -0.39 is 0 Å². The normalized spacial score (nSPS) is 11.5. The summed E-state index contributed by atoms with van der Waals surface area (Å²) < 4.78 is 1.05. The number of aromatic nitrogens is 1. The van der Waals surface area contributed by atoms with Gasteiger partial charge < -0.3 is 5.32 Å². The minimum atomic E-state index is 0.104. The smallest absolute Gasteiger partial charge is 0.126 e. The summed E-state index contributed by atoms with van der Waals surface area (Å²) in [6.45, 7) is 8.50. The second-order valence-corrected chi connectivity index (χ2v) is 4.98. The van der Waals surface area contributed by atoms with Crippen LogP contribution < -0.4 is 5.32 Å². The number of rotatable bonds is 3. The number of halogens is 1. The van der Waals surface area contributed by atoms with Crippen molar-refractivity contribution in [3.8, 4) is 0 Å². The van der Waals surface area contributed by atoms with E-state index in [0.717, 1.165) is 22.4 Å².